The van der Waals surface area contributed by atoms with Crippen LogP contribution in [0.3, 0.4) is 0 Å². The number of fused-ring (bicyclic) bond motifs is 3. The number of rotatable bonds is 6. The molecular formula is C45H29N3S. The van der Waals surface area contributed by atoms with Crippen molar-refractivity contribution < 1.29 is 15.1 Å². The Morgan fingerprint density at radius 1 is 0.408 bits per heavy atom. The maximum Gasteiger partial charge on any atom is 0.165 e. The fourth-order valence-corrected chi connectivity index (χ4v) is 6.97. The summed E-state index contributed by atoms with van der Waals surface area (Å²) in [5, 5.41) is 0.0115. The zero-order chi connectivity index (χ0) is 42.1. The molecule has 2 heterocycles. The monoisotopic (exact) mass is 654 g/mol. The van der Waals surface area contributed by atoms with Crippen molar-refractivity contribution in [3.63, 3.8) is 0 Å². The van der Waals surface area contributed by atoms with Gasteiger partial charge in [-0.25, -0.2) is 15.0 Å². The van der Waals surface area contributed by atoms with Gasteiger partial charge in [-0.15, -0.1) is 11.3 Å². The number of nitrogens with zero attached hydrogens (tertiary/aromatic N) is 3. The Morgan fingerprint density at radius 2 is 0.959 bits per heavy atom. The summed E-state index contributed by atoms with van der Waals surface area (Å²) in [6.07, 6.45) is 0. The zero-order valence-electron chi connectivity index (χ0n) is 36.6. The van der Waals surface area contributed by atoms with Gasteiger partial charge in [0, 0.05) is 36.9 Å². The van der Waals surface area contributed by atoms with Crippen molar-refractivity contribution in [2.24, 2.45) is 0 Å². The van der Waals surface area contributed by atoms with Gasteiger partial charge in [0.1, 0.15) is 0 Å². The molecule has 0 aliphatic carbocycles. The highest BCUT2D eigenvalue weighted by atomic mass is 32.1. The van der Waals surface area contributed by atoms with Crippen LogP contribution in [0.1, 0.15) is 15.1 Å². The van der Waals surface area contributed by atoms with Crippen molar-refractivity contribution in [1.29, 1.82) is 0 Å². The van der Waals surface area contributed by atoms with Gasteiger partial charge in [-0.1, -0.05) is 158 Å². The summed E-state index contributed by atoms with van der Waals surface area (Å²) in [5.41, 5.74) is 4.53. The van der Waals surface area contributed by atoms with Crippen molar-refractivity contribution in [1.82, 2.24) is 15.0 Å². The second-order valence-electron chi connectivity index (χ2n) is 11.2. The van der Waals surface area contributed by atoms with Crippen LogP contribution in [-0.2, 0) is 0 Å². The highest BCUT2D eigenvalue weighted by Gasteiger charge is 2.19. The lowest BCUT2D eigenvalue weighted by molar-refractivity contribution is 1.08. The van der Waals surface area contributed by atoms with E-state index in [0.717, 1.165) is 33.6 Å². The first kappa shape index (κ1) is 19.6. The largest absolute Gasteiger partial charge is 0.208 e. The first-order valence-corrected chi connectivity index (χ1v) is 16.3. The van der Waals surface area contributed by atoms with Gasteiger partial charge in [0.05, 0.1) is 15.1 Å². The molecule has 2 aromatic heterocycles. The lowest BCUT2D eigenvalue weighted by Gasteiger charge is -2.12. The molecule has 7 aromatic carbocycles. The third kappa shape index (κ3) is 5.48. The zero-order valence-corrected chi connectivity index (χ0v) is 26.5. The lowest BCUT2D eigenvalue weighted by Crippen LogP contribution is -2.00. The minimum atomic E-state index is -0.654. The second-order valence-corrected chi connectivity index (χ2v) is 12.2. The number of thiophene rings is 1. The third-order valence-corrected chi connectivity index (χ3v) is 9.33. The molecule has 0 saturated heterocycles. The molecule has 0 fully saturated rings. The number of hydrogen-bond donors (Lipinski definition) is 0. The second kappa shape index (κ2) is 12.4. The van der Waals surface area contributed by atoms with Crippen LogP contribution in [0, 0.1) is 0 Å². The van der Waals surface area contributed by atoms with Crippen LogP contribution in [0.4, 0.5) is 0 Å². The van der Waals surface area contributed by atoms with Crippen molar-refractivity contribution in [3.05, 3.63) is 176 Å². The molecule has 0 saturated carbocycles. The minimum Gasteiger partial charge on any atom is -0.208 e. The molecular weight excluding hydrogens is 615 g/mol. The summed E-state index contributed by atoms with van der Waals surface area (Å²) in [7, 11) is 0. The third-order valence-electron chi connectivity index (χ3n) is 8.21. The van der Waals surface area contributed by atoms with Gasteiger partial charge in [0.2, 0.25) is 0 Å². The van der Waals surface area contributed by atoms with Crippen LogP contribution in [0.5, 0.6) is 0 Å². The summed E-state index contributed by atoms with van der Waals surface area (Å²) in [6.45, 7) is 0. The van der Waals surface area contributed by atoms with Crippen LogP contribution in [0.2, 0.25) is 0 Å². The van der Waals surface area contributed by atoms with Crippen molar-refractivity contribution in [3.8, 4) is 67.5 Å². The first-order valence-electron chi connectivity index (χ1n) is 21.0. The summed E-state index contributed by atoms with van der Waals surface area (Å²) >= 11 is 0.937. The highest BCUT2D eigenvalue weighted by molar-refractivity contribution is 7.26. The molecule has 9 rings (SSSR count). The van der Waals surface area contributed by atoms with Crippen LogP contribution in [0.25, 0.3) is 87.7 Å². The van der Waals surface area contributed by atoms with Gasteiger partial charge in [0.15, 0.2) is 17.5 Å². The van der Waals surface area contributed by atoms with E-state index in [0.29, 0.717) is 11.1 Å². The quantitative estimate of drug-likeness (QED) is 0.179. The van der Waals surface area contributed by atoms with Gasteiger partial charge in [-0.05, 0) is 51.5 Å². The van der Waals surface area contributed by atoms with E-state index in [1.807, 2.05) is 109 Å². The standard InChI is InChI=1S/C45H29N3S/c1-4-13-30(14-5-1)32-23-25-34(26-24-32)43-46-44(36-20-12-19-35(29-36)31-15-6-2-7-16-31)48-45(47-43)39-28-27-37(33-17-8-3-9-18-33)41-38-21-10-11-22-40(38)49-42(39)41/h1-29H/i3D,8D,9D,10D,11D,17D,18D,21D,22D,27D,28D. The molecule has 0 bridgehead atoms. The first-order chi connectivity index (χ1) is 28.8. The number of hydrogen-bond acceptors (Lipinski definition) is 4. The fourth-order valence-electron chi connectivity index (χ4n) is 5.86. The fraction of sp³-hybridized carbons (Fsp3) is 0. The van der Waals surface area contributed by atoms with Crippen molar-refractivity contribution in [2.75, 3.05) is 0 Å². The smallest absolute Gasteiger partial charge is 0.165 e. The average Bonchev–Trinajstić information content (AvgIpc) is 3.68. The molecule has 230 valence electrons. The predicted octanol–water partition coefficient (Wildman–Crippen LogP) is 12.2. The van der Waals surface area contributed by atoms with Crippen molar-refractivity contribution in [2.45, 2.75) is 0 Å². The lowest BCUT2D eigenvalue weighted by atomic mass is 9.97. The Hall–Kier alpha value is -6.23. The summed E-state index contributed by atoms with van der Waals surface area (Å²) < 4.78 is 97.2. The van der Waals surface area contributed by atoms with E-state index in [4.69, 9.17) is 27.3 Å². The van der Waals surface area contributed by atoms with Crippen LogP contribution < -0.4 is 0 Å². The Bertz CT molecular complexity index is 3180. The van der Waals surface area contributed by atoms with E-state index < -0.39 is 60.4 Å². The molecule has 0 amide bonds. The normalized spacial score (nSPS) is 14.4. The van der Waals surface area contributed by atoms with E-state index in [2.05, 4.69) is 0 Å². The Kier molecular flexibility index (Phi) is 4.96. The summed E-state index contributed by atoms with van der Waals surface area (Å²) in [4.78, 5) is 14.8. The molecule has 3 nitrogen and oxygen atoms in total. The number of benzene rings is 7. The summed E-state index contributed by atoms with van der Waals surface area (Å²) in [6, 6.07) is 28.9. The molecule has 0 aliphatic heterocycles. The van der Waals surface area contributed by atoms with Crippen LogP contribution >= 0.6 is 11.3 Å². The van der Waals surface area contributed by atoms with Crippen LogP contribution in [0.15, 0.2) is 176 Å². The number of aromatic nitrogens is 3. The van der Waals surface area contributed by atoms with Crippen molar-refractivity contribution >= 4 is 31.5 Å². The van der Waals surface area contributed by atoms with E-state index in [1.54, 1.807) is 0 Å². The molecule has 49 heavy (non-hydrogen) atoms. The average molecular weight is 655 g/mol. The van der Waals surface area contributed by atoms with E-state index in [-0.39, 0.29) is 60.4 Å². The molecule has 4 heteroatoms. The van der Waals surface area contributed by atoms with E-state index in [9.17, 15) is 2.74 Å². The van der Waals surface area contributed by atoms with Gasteiger partial charge < -0.3 is 0 Å². The minimum absolute atomic E-state index is 0.0147. The molecule has 0 radical (unpaired) electrons. The highest BCUT2D eigenvalue weighted by Crippen LogP contribution is 2.44. The molecule has 0 N–H and O–H groups in total. The van der Waals surface area contributed by atoms with Gasteiger partial charge in [0.25, 0.3) is 0 Å². The molecule has 9 aromatic rings. The van der Waals surface area contributed by atoms with E-state index in [1.165, 1.54) is 0 Å². The SMILES string of the molecule is [2H]c1c([2H])c([2H])c(-c2c([2H])c([2H])c(-c3nc(-c4ccc(-c5ccccc5)cc4)nc(-c4cccc(-c5ccccc5)c4)n3)c3sc4c([2H])c([2H])c([2H])c([2H])c4c23)c([2H])c1[2H]. The molecule has 0 atom stereocenters. The predicted molar refractivity (Wildman–Crippen MR) is 205 cm³/mol. The summed E-state index contributed by atoms with van der Waals surface area (Å²) in [5.74, 6) is 0.475. The van der Waals surface area contributed by atoms with Gasteiger partial charge >= 0.3 is 0 Å². The van der Waals surface area contributed by atoms with E-state index >= 15 is 0 Å². The topological polar surface area (TPSA) is 38.7 Å². The molecule has 0 unspecified atom stereocenters. The molecule has 0 spiro atoms. The van der Waals surface area contributed by atoms with Crippen LogP contribution in [-0.4, -0.2) is 15.0 Å². The molecule has 0 aliphatic rings. The van der Waals surface area contributed by atoms with Gasteiger partial charge in [-0.2, -0.15) is 0 Å². The Balaban J connectivity index is 1.38. The van der Waals surface area contributed by atoms with Gasteiger partial charge in [-0.3, -0.25) is 0 Å². The maximum absolute atomic E-state index is 9.58. The Labute approximate surface area is 304 Å². The Morgan fingerprint density at radius 3 is 1.71 bits per heavy atom. The maximum atomic E-state index is 9.58.